The molecule has 0 amide bonds. The lowest BCUT2D eigenvalue weighted by Crippen LogP contribution is -2.53. The molecule has 6 heteroatoms. The smallest absolute Gasteiger partial charge is 0.0740 e. The summed E-state index contributed by atoms with van der Waals surface area (Å²) in [4.78, 5) is 0. The molecule has 4 N–H and O–H groups in total. The second-order valence-electron chi connectivity index (χ2n) is 5.58. The molecule has 0 bridgehead atoms. The van der Waals surface area contributed by atoms with Gasteiger partial charge >= 0.3 is 0 Å². The standard InChI is InChI=1S/C15H26Br2ClN3/c1-4-6-7-10(5-2)8-20-21-15-12(17)13(18)9(3)11(16)14(15)19/h10,14-15,20-21H,4-8,19H2,1-3H3. The Balaban J connectivity index is 2.56. The Kier molecular flexibility index (Phi) is 9.06. The fourth-order valence-electron chi connectivity index (χ4n) is 2.38. The summed E-state index contributed by atoms with van der Waals surface area (Å²) in [6.45, 7) is 7.38. The van der Waals surface area contributed by atoms with Crippen molar-refractivity contribution in [1.82, 2.24) is 10.9 Å². The molecule has 3 nitrogen and oxygen atoms in total. The number of unbranched alkanes of at least 4 members (excludes halogenated alkanes) is 1. The van der Waals surface area contributed by atoms with Gasteiger partial charge in [-0.15, -0.1) is 0 Å². The lowest BCUT2D eigenvalue weighted by atomic mass is 9.99. The first-order valence-electron chi connectivity index (χ1n) is 7.59. The van der Waals surface area contributed by atoms with E-state index in [1.165, 1.54) is 25.7 Å². The Hall–Kier alpha value is 0.610. The first-order chi connectivity index (χ1) is 9.93. The van der Waals surface area contributed by atoms with Crippen molar-refractivity contribution in [3.05, 3.63) is 19.6 Å². The van der Waals surface area contributed by atoms with E-state index >= 15 is 0 Å². The van der Waals surface area contributed by atoms with Crippen LogP contribution in [0.2, 0.25) is 0 Å². The molecule has 0 aromatic carbocycles. The highest BCUT2D eigenvalue weighted by atomic mass is 79.9. The van der Waals surface area contributed by atoms with E-state index in [0.717, 1.165) is 26.1 Å². The van der Waals surface area contributed by atoms with Crippen molar-refractivity contribution in [2.24, 2.45) is 11.7 Å². The zero-order valence-electron chi connectivity index (χ0n) is 13.0. The first-order valence-corrected chi connectivity index (χ1v) is 9.56. The quantitative estimate of drug-likeness (QED) is 0.484. The van der Waals surface area contributed by atoms with E-state index in [9.17, 15) is 0 Å². The molecule has 1 aliphatic carbocycles. The van der Waals surface area contributed by atoms with E-state index in [2.05, 4.69) is 56.6 Å². The highest BCUT2D eigenvalue weighted by molar-refractivity contribution is 9.12. The van der Waals surface area contributed by atoms with Crippen LogP contribution in [0.25, 0.3) is 0 Å². The van der Waals surface area contributed by atoms with Crippen molar-refractivity contribution in [3.8, 4) is 0 Å². The zero-order chi connectivity index (χ0) is 16.0. The third-order valence-electron chi connectivity index (χ3n) is 4.01. The SMILES string of the molecule is CCCCC(CC)CNNC1C(Br)=C(Cl)C(C)=C(Br)C1N. The second kappa shape index (κ2) is 9.68. The predicted molar refractivity (Wildman–Crippen MR) is 99.6 cm³/mol. The molecule has 21 heavy (non-hydrogen) atoms. The summed E-state index contributed by atoms with van der Waals surface area (Å²) in [5.74, 6) is 0.691. The lowest BCUT2D eigenvalue weighted by Gasteiger charge is -2.31. The topological polar surface area (TPSA) is 50.1 Å². The summed E-state index contributed by atoms with van der Waals surface area (Å²) in [5.41, 5.74) is 13.9. The van der Waals surface area contributed by atoms with E-state index in [4.69, 9.17) is 17.3 Å². The number of rotatable bonds is 8. The van der Waals surface area contributed by atoms with Crippen LogP contribution in [-0.2, 0) is 0 Å². The molecule has 0 saturated heterocycles. The minimum absolute atomic E-state index is 0.0562. The Labute approximate surface area is 150 Å². The van der Waals surface area contributed by atoms with Crippen molar-refractivity contribution in [3.63, 3.8) is 0 Å². The Morgan fingerprint density at radius 1 is 1.29 bits per heavy atom. The monoisotopic (exact) mass is 441 g/mol. The van der Waals surface area contributed by atoms with Gasteiger partial charge in [-0.1, -0.05) is 76.6 Å². The Bertz CT molecular complexity index is 410. The van der Waals surface area contributed by atoms with E-state index in [-0.39, 0.29) is 12.1 Å². The van der Waals surface area contributed by atoms with Crippen LogP contribution in [0, 0.1) is 5.92 Å². The van der Waals surface area contributed by atoms with Gasteiger partial charge in [0.1, 0.15) is 0 Å². The molecule has 1 aliphatic rings. The van der Waals surface area contributed by atoms with Gasteiger partial charge in [-0.2, -0.15) is 0 Å². The van der Waals surface area contributed by atoms with Crippen molar-refractivity contribution in [2.45, 2.75) is 58.5 Å². The van der Waals surface area contributed by atoms with Gasteiger partial charge < -0.3 is 5.73 Å². The summed E-state index contributed by atoms with van der Waals surface area (Å²) in [5, 5.41) is 0.723. The number of nitrogens with two attached hydrogens (primary N) is 1. The fourth-order valence-corrected chi connectivity index (χ4v) is 3.88. The molecule has 0 saturated carbocycles. The second-order valence-corrected chi connectivity index (χ2v) is 7.67. The molecule has 0 spiro atoms. The third-order valence-corrected chi connectivity index (χ3v) is 6.74. The largest absolute Gasteiger partial charge is 0.322 e. The maximum absolute atomic E-state index is 6.33. The average molecular weight is 444 g/mol. The van der Waals surface area contributed by atoms with E-state index in [1.807, 2.05) is 6.92 Å². The number of allylic oxidation sites excluding steroid dienone is 2. The molecule has 1 rings (SSSR count). The summed E-state index contributed by atoms with van der Waals surface area (Å²) < 4.78 is 1.86. The van der Waals surface area contributed by atoms with Crippen LogP contribution >= 0.6 is 43.5 Å². The first kappa shape index (κ1) is 19.7. The van der Waals surface area contributed by atoms with Gasteiger partial charge in [-0.25, -0.2) is 5.43 Å². The van der Waals surface area contributed by atoms with Crippen LogP contribution in [0.15, 0.2) is 19.6 Å². The number of halogens is 3. The van der Waals surface area contributed by atoms with Crippen LogP contribution in [0.4, 0.5) is 0 Å². The van der Waals surface area contributed by atoms with Crippen LogP contribution in [0.3, 0.4) is 0 Å². The Morgan fingerprint density at radius 3 is 2.52 bits per heavy atom. The van der Waals surface area contributed by atoms with Crippen LogP contribution in [-0.4, -0.2) is 18.6 Å². The molecule has 0 fully saturated rings. The van der Waals surface area contributed by atoms with Gasteiger partial charge in [-0.05, 0) is 24.8 Å². The number of hydrazine groups is 1. The molecule has 0 radical (unpaired) electrons. The number of hydrogen-bond donors (Lipinski definition) is 3. The highest BCUT2D eigenvalue weighted by Crippen LogP contribution is 2.37. The Morgan fingerprint density at radius 2 is 1.95 bits per heavy atom. The van der Waals surface area contributed by atoms with Gasteiger partial charge in [0.05, 0.1) is 17.1 Å². The van der Waals surface area contributed by atoms with E-state index < -0.39 is 0 Å². The minimum Gasteiger partial charge on any atom is -0.322 e. The van der Waals surface area contributed by atoms with Crippen molar-refractivity contribution < 1.29 is 0 Å². The molecule has 0 aromatic heterocycles. The molecule has 0 aromatic rings. The highest BCUT2D eigenvalue weighted by Gasteiger charge is 2.31. The van der Waals surface area contributed by atoms with Gasteiger partial charge in [0.2, 0.25) is 0 Å². The van der Waals surface area contributed by atoms with Crippen molar-refractivity contribution >= 4 is 43.5 Å². The van der Waals surface area contributed by atoms with E-state index in [0.29, 0.717) is 5.92 Å². The molecular weight excluding hydrogens is 417 g/mol. The summed E-state index contributed by atoms with van der Waals surface area (Å²) >= 11 is 13.4. The van der Waals surface area contributed by atoms with Gasteiger partial charge in [0.15, 0.2) is 0 Å². The molecule has 122 valence electrons. The molecule has 3 atom stereocenters. The van der Waals surface area contributed by atoms with Gasteiger partial charge in [0, 0.05) is 15.5 Å². The van der Waals surface area contributed by atoms with E-state index in [1.54, 1.807) is 0 Å². The minimum atomic E-state index is -0.148. The maximum Gasteiger partial charge on any atom is 0.0740 e. The number of hydrogen-bond acceptors (Lipinski definition) is 3. The third kappa shape index (κ3) is 5.33. The lowest BCUT2D eigenvalue weighted by molar-refractivity contribution is 0.363. The van der Waals surface area contributed by atoms with Crippen molar-refractivity contribution in [2.75, 3.05) is 6.54 Å². The zero-order valence-corrected chi connectivity index (χ0v) is 16.9. The van der Waals surface area contributed by atoms with Crippen molar-refractivity contribution in [1.29, 1.82) is 0 Å². The van der Waals surface area contributed by atoms with Gasteiger partial charge in [0.25, 0.3) is 0 Å². The average Bonchev–Trinajstić information content (AvgIpc) is 2.49. The molecular formula is C15H26Br2ClN3. The summed E-state index contributed by atoms with van der Waals surface area (Å²) in [7, 11) is 0. The molecule has 0 heterocycles. The van der Waals surface area contributed by atoms with Crippen LogP contribution in [0.1, 0.15) is 46.5 Å². The maximum atomic E-state index is 6.33. The fraction of sp³-hybridized carbons (Fsp3) is 0.733. The predicted octanol–water partition coefficient (Wildman–Crippen LogP) is 4.52. The van der Waals surface area contributed by atoms with Crippen LogP contribution in [0.5, 0.6) is 0 Å². The van der Waals surface area contributed by atoms with Gasteiger partial charge in [-0.3, -0.25) is 5.43 Å². The summed E-state index contributed by atoms with van der Waals surface area (Å²) in [6, 6.07) is -0.204. The molecule has 3 unspecified atom stereocenters. The van der Waals surface area contributed by atoms with Crippen LogP contribution < -0.4 is 16.6 Å². The summed E-state index contributed by atoms with van der Waals surface area (Å²) in [6.07, 6.45) is 4.98. The molecule has 0 aliphatic heterocycles. The number of nitrogens with one attached hydrogen (secondary N) is 2. The normalized spacial score (nSPS) is 24.7.